The van der Waals surface area contributed by atoms with Gasteiger partial charge in [0.25, 0.3) is 5.56 Å². The second-order valence-electron chi connectivity index (χ2n) is 9.96. The van der Waals surface area contributed by atoms with Crippen molar-refractivity contribution in [3.05, 3.63) is 58.1 Å². The van der Waals surface area contributed by atoms with Gasteiger partial charge in [-0.25, -0.2) is 9.97 Å². The molecule has 3 aromatic rings. The Morgan fingerprint density at radius 3 is 2.50 bits per heavy atom. The minimum absolute atomic E-state index is 0.0674. The van der Waals surface area contributed by atoms with E-state index in [1.807, 2.05) is 42.4 Å². The quantitative estimate of drug-likeness (QED) is 0.547. The first kappa shape index (κ1) is 23.8. The smallest absolute Gasteiger partial charge is 0.252 e. The van der Waals surface area contributed by atoms with Crippen LogP contribution in [0.5, 0.6) is 5.75 Å². The molecule has 3 aliphatic rings. The van der Waals surface area contributed by atoms with E-state index in [1.165, 1.54) is 5.56 Å². The average molecular weight is 507 g/mol. The Morgan fingerprint density at radius 1 is 0.972 bits per heavy atom. The zero-order valence-corrected chi connectivity index (χ0v) is 21.5. The molecule has 5 heterocycles. The SMILES string of the molecule is O=c1[nH]c2ccc(OC3CCN(CCN4CCN(c5ncccn5)CC4)CC3)cc2c2c1CSCC2. The van der Waals surface area contributed by atoms with E-state index in [4.69, 9.17) is 4.74 Å². The number of likely N-dealkylation sites (tertiary alicyclic amines) is 1. The molecule has 0 bridgehead atoms. The van der Waals surface area contributed by atoms with E-state index >= 15 is 0 Å². The van der Waals surface area contributed by atoms with Crippen LogP contribution in [-0.4, -0.2) is 89.0 Å². The molecule has 0 saturated carbocycles. The molecule has 6 rings (SSSR count). The average Bonchev–Trinajstić information content (AvgIpc) is 2.94. The number of hydrogen-bond donors (Lipinski definition) is 1. The van der Waals surface area contributed by atoms with Gasteiger partial charge in [-0.2, -0.15) is 11.8 Å². The van der Waals surface area contributed by atoms with Crippen LogP contribution in [0.25, 0.3) is 10.9 Å². The Morgan fingerprint density at radius 2 is 1.72 bits per heavy atom. The van der Waals surface area contributed by atoms with Crippen molar-refractivity contribution in [3.63, 3.8) is 0 Å². The van der Waals surface area contributed by atoms with Crippen LogP contribution in [0.2, 0.25) is 0 Å². The van der Waals surface area contributed by atoms with Crippen molar-refractivity contribution in [2.45, 2.75) is 31.1 Å². The third-order valence-corrected chi connectivity index (χ3v) is 8.71. The lowest BCUT2D eigenvalue weighted by atomic mass is 10.0. The molecule has 2 aromatic heterocycles. The fraction of sp³-hybridized carbons (Fsp3) is 0.519. The number of piperidine rings is 1. The summed E-state index contributed by atoms with van der Waals surface area (Å²) in [6.07, 6.45) is 6.95. The molecule has 190 valence electrons. The Bertz CT molecular complexity index is 1240. The van der Waals surface area contributed by atoms with Gasteiger partial charge >= 0.3 is 0 Å². The summed E-state index contributed by atoms with van der Waals surface area (Å²) in [4.78, 5) is 31.7. The number of H-pyrrole nitrogens is 1. The van der Waals surface area contributed by atoms with Gasteiger partial charge in [-0.15, -0.1) is 0 Å². The van der Waals surface area contributed by atoms with E-state index in [9.17, 15) is 4.79 Å². The number of benzene rings is 1. The number of ether oxygens (including phenoxy) is 1. The number of hydrogen-bond acceptors (Lipinski definition) is 8. The number of anilines is 1. The van der Waals surface area contributed by atoms with Crippen LogP contribution in [0.4, 0.5) is 5.95 Å². The second kappa shape index (κ2) is 10.8. The maximum Gasteiger partial charge on any atom is 0.252 e. The highest BCUT2D eigenvalue weighted by atomic mass is 32.2. The second-order valence-corrected chi connectivity index (χ2v) is 11.1. The lowest BCUT2D eigenvalue weighted by Crippen LogP contribution is -2.49. The van der Waals surface area contributed by atoms with Gasteiger partial charge in [0.1, 0.15) is 11.9 Å². The molecule has 1 aromatic carbocycles. The summed E-state index contributed by atoms with van der Waals surface area (Å²) >= 11 is 1.84. The summed E-state index contributed by atoms with van der Waals surface area (Å²) in [7, 11) is 0. The van der Waals surface area contributed by atoms with E-state index in [1.54, 1.807) is 0 Å². The molecule has 2 saturated heterocycles. The maximum atomic E-state index is 12.4. The van der Waals surface area contributed by atoms with Crippen molar-refractivity contribution in [2.24, 2.45) is 0 Å². The molecule has 0 atom stereocenters. The minimum Gasteiger partial charge on any atom is -0.490 e. The topological polar surface area (TPSA) is 77.6 Å². The number of fused-ring (bicyclic) bond motifs is 3. The van der Waals surface area contributed by atoms with Crippen LogP contribution < -0.4 is 15.2 Å². The third kappa shape index (κ3) is 5.23. The first-order chi connectivity index (χ1) is 17.7. The predicted octanol–water partition coefficient (Wildman–Crippen LogP) is 2.77. The van der Waals surface area contributed by atoms with Gasteiger partial charge < -0.3 is 19.5 Å². The van der Waals surface area contributed by atoms with Crippen LogP contribution in [0.3, 0.4) is 0 Å². The van der Waals surface area contributed by atoms with Gasteiger partial charge in [0, 0.05) is 87.0 Å². The largest absolute Gasteiger partial charge is 0.490 e. The number of nitrogens with one attached hydrogen (secondary N) is 1. The summed E-state index contributed by atoms with van der Waals surface area (Å²) in [5.74, 6) is 3.65. The van der Waals surface area contributed by atoms with E-state index in [0.29, 0.717) is 0 Å². The Balaban J connectivity index is 0.981. The van der Waals surface area contributed by atoms with Gasteiger partial charge in [0.15, 0.2) is 0 Å². The number of pyridine rings is 1. The molecule has 0 amide bonds. The molecule has 2 fully saturated rings. The van der Waals surface area contributed by atoms with Crippen molar-refractivity contribution in [2.75, 3.05) is 63.0 Å². The molecule has 0 radical (unpaired) electrons. The maximum absolute atomic E-state index is 12.4. The van der Waals surface area contributed by atoms with Crippen molar-refractivity contribution in [1.82, 2.24) is 24.8 Å². The molecule has 1 N–H and O–H groups in total. The van der Waals surface area contributed by atoms with Crippen LogP contribution in [0.1, 0.15) is 24.0 Å². The van der Waals surface area contributed by atoms with Crippen LogP contribution >= 0.6 is 11.8 Å². The standard InChI is InChI=1S/C27H34N6O2S/c34-26-24-19-36-17-6-22(24)23-18-21(2-3-25(23)30-26)35-20-4-9-31(10-5-20)11-12-32-13-15-33(16-14-32)27-28-7-1-8-29-27/h1-3,7-8,18,20H,4-6,9-17,19H2,(H,30,34). The summed E-state index contributed by atoms with van der Waals surface area (Å²) in [5, 5.41) is 1.15. The highest BCUT2D eigenvalue weighted by Gasteiger charge is 2.23. The number of nitrogens with zero attached hydrogens (tertiary/aromatic N) is 5. The normalized spacial score (nSPS) is 19.9. The number of rotatable bonds is 6. The van der Waals surface area contributed by atoms with Gasteiger partial charge in [0.2, 0.25) is 5.95 Å². The number of thioether (sulfide) groups is 1. The first-order valence-corrected chi connectivity index (χ1v) is 14.3. The lowest BCUT2D eigenvalue weighted by molar-refractivity contribution is 0.0922. The van der Waals surface area contributed by atoms with E-state index in [0.717, 1.165) is 111 Å². The third-order valence-electron chi connectivity index (χ3n) is 7.72. The Hall–Kier alpha value is -2.62. The number of aromatic nitrogens is 3. The molecular weight excluding hydrogens is 472 g/mol. The molecular formula is C27H34N6O2S. The van der Waals surface area contributed by atoms with Gasteiger partial charge in [0.05, 0.1) is 0 Å². The van der Waals surface area contributed by atoms with E-state index in [2.05, 4.69) is 35.7 Å². The molecule has 0 aliphatic carbocycles. The summed E-state index contributed by atoms with van der Waals surface area (Å²) in [6.45, 7) is 8.49. The summed E-state index contributed by atoms with van der Waals surface area (Å²) in [6, 6.07) is 8.03. The number of piperazine rings is 1. The highest BCUT2D eigenvalue weighted by Crippen LogP contribution is 2.30. The summed E-state index contributed by atoms with van der Waals surface area (Å²) < 4.78 is 6.43. The van der Waals surface area contributed by atoms with Crippen molar-refractivity contribution < 1.29 is 4.74 Å². The number of aromatic amines is 1. The molecule has 8 nitrogen and oxygen atoms in total. The van der Waals surface area contributed by atoms with Gasteiger partial charge in [-0.3, -0.25) is 9.69 Å². The number of aryl methyl sites for hydroxylation is 1. The first-order valence-electron chi connectivity index (χ1n) is 13.1. The lowest BCUT2D eigenvalue weighted by Gasteiger charge is -2.37. The monoisotopic (exact) mass is 506 g/mol. The van der Waals surface area contributed by atoms with E-state index in [-0.39, 0.29) is 11.7 Å². The molecule has 0 spiro atoms. The van der Waals surface area contributed by atoms with Gasteiger partial charge in [-0.1, -0.05) is 0 Å². The summed E-state index contributed by atoms with van der Waals surface area (Å²) in [5.41, 5.74) is 3.15. The van der Waals surface area contributed by atoms with Gasteiger partial charge in [-0.05, 0) is 54.8 Å². The Labute approximate surface area is 216 Å². The highest BCUT2D eigenvalue weighted by molar-refractivity contribution is 7.98. The zero-order chi connectivity index (χ0) is 24.3. The fourth-order valence-corrected chi connectivity index (χ4v) is 6.59. The molecule has 3 aliphatic heterocycles. The molecule has 0 unspecified atom stereocenters. The van der Waals surface area contributed by atoms with Crippen molar-refractivity contribution >= 4 is 28.6 Å². The van der Waals surface area contributed by atoms with Crippen LogP contribution in [0.15, 0.2) is 41.5 Å². The fourth-order valence-electron chi connectivity index (χ4n) is 5.59. The minimum atomic E-state index is 0.0674. The zero-order valence-electron chi connectivity index (χ0n) is 20.7. The van der Waals surface area contributed by atoms with Crippen LogP contribution in [-0.2, 0) is 12.2 Å². The van der Waals surface area contributed by atoms with Crippen LogP contribution in [0, 0.1) is 0 Å². The Kier molecular flexibility index (Phi) is 7.12. The molecule has 36 heavy (non-hydrogen) atoms. The van der Waals surface area contributed by atoms with E-state index < -0.39 is 0 Å². The van der Waals surface area contributed by atoms with Crippen molar-refractivity contribution in [3.8, 4) is 5.75 Å². The van der Waals surface area contributed by atoms with Crippen molar-refractivity contribution in [1.29, 1.82) is 0 Å². The molecule has 9 heteroatoms. The predicted molar refractivity (Wildman–Crippen MR) is 145 cm³/mol.